The summed E-state index contributed by atoms with van der Waals surface area (Å²) in [6.45, 7) is 0.364. The quantitative estimate of drug-likeness (QED) is 0.445. The molecule has 0 atom stereocenters. The summed E-state index contributed by atoms with van der Waals surface area (Å²) in [5, 5.41) is 14.2. The molecule has 0 unspecified atom stereocenters. The van der Waals surface area contributed by atoms with E-state index in [1.807, 2.05) is 6.07 Å². The molecule has 0 aliphatic heterocycles. The summed E-state index contributed by atoms with van der Waals surface area (Å²) in [5.41, 5.74) is 0.546. The largest absolute Gasteiger partial charge is 0.352 e. The molecule has 0 radical (unpaired) electrons. The maximum Gasteiger partial charge on any atom is 0.251 e. The number of hydrogen-bond acceptors (Lipinski definition) is 7. The topological polar surface area (TPSA) is 118 Å². The minimum absolute atomic E-state index is 0.186. The number of anilines is 1. The minimum Gasteiger partial charge on any atom is -0.352 e. The van der Waals surface area contributed by atoms with Crippen LogP contribution in [0.15, 0.2) is 64.0 Å². The summed E-state index contributed by atoms with van der Waals surface area (Å²) in [7, 11) is -3.52. The first-order valence-electron chi connectivity index (χ1n) is 9.27. The molecule has 2 amide bonds. The zero-order chi connectivity index (χ0) is 22.3. The molecule has 8 nitrogen and oxygen atoms in total. The number of sulfone groups is 1. The molecule has 0 bridgehead atoms. The Hall–Kier alpha value is -2.63. The summed E-state index contributed by atoms with van der Waals surface area (Å²) in [6.07, 6.45) is 0.268. The number of nitrogens with one attached hydrogen (secondary N) is 2. The number of benzene rings is 2. The predicted octanol–water partition coefficient (Wildman–Crippen LogP) is 3.08. The lowest BCUT2D eigenvalue weighted by molar-refractivity contribution is -0.115. The zero-order valence-corrected chi connectivity index (χ0v) is 19.5. The van der Waals surface area contributed by atoms with E-state index in [0.29, 0.717) is 23.5 Å². The number of carbonyl (C=O) groups excluding carboxylic acids is 2. The molecule has 3 rings (SSSR count). The van der Waals surface area contributed by atoms with Gasteiger partial charge in [-0.15, -0.1) is 10.2 Å². The number of hydrogen-bond donors (Lipinski definition) is 2. The second-order valence-corrected chi connectivity index (χ2v) is 10.5. The first-order chi connectivity index (χ1) is 14.8. The Morgan fingerprint density at radius 3 is 2.55 bits per heavy atom. The SMILES string of the molecule is O=C(CCS(=O)(=O)c1ccccc1)Nc1nnc(CCNC(=O)c2cccc(Br)c2)s1. The van der Waals surface area contributed by atoms with Crippen molar-refractivity contribution >= 4 is 54.0 Å². The van der Waals surface area contributed by atoms with Crippen molar-refractivity contribution < 1.29 is 18.0 Å². The highest BCUT2D eigenvalue weighted by Gasteiger charge is 2.17. The molecule has 3 aromatic rings. The van der Waals surface area contributed by atoms with Crippen LogP contribution in [0.2, 0.25) is 0 Å². The highest BCUT2D eigenvalue weighted by molar-refractivity contribution is 9.10. The van der Waals surface area contributed by atoms with Crippen molar-refractivity contribution in [1.29, 1.82) is 0 Å². The molecule has 1 heterocycles. The second-order valence-electron chi connectivity index (χ2n) is 6.45. The Morgan fingerprint density at radius 2 is 1.81 bits per heavy atom. The van der Waals surface area contributed by atoms with E-state index in [1.165, 1.54) is 23.5 Å². The van der Waals surface area contributed by atoms with Gasteiger partial charge in [-0.2, -0.15) is 0 Å². The van der Waals surface area contributed by atoms with Crippen molar-refractivity contribution in [3.05, 3.63) is 69.6 Å². The van der Waals surface area contributed by atoms with Crippen LogP contribution in [0.4, 0.5) is 5.13 Å². The van der Waals surface area contributed by atoms with E-state index in [4.69, 9.17) is 0 Å². The van der Waals surface area contributed by atoms with Crippen LogP contribution >= 0.6 is 27.3 Å². The summed E-state index contributed by atoms with van der Waals surface area (Å²) in [5.74, 6) is -0.944. The van der Waals surface area contributed by atoms with Crippen LogP contribution in [0, 0.1) is 0 Å². The average Bonchev–Trinajstić information content (AvgIpc) is 3.20. The Bertz CT molecular complexity index is 1170. The zero-order valence-electron chi connectivity index (χ0n) is 16.2. The molecule has 162 valence electrons. The molecule has 0 aliphatic carbocycles. The van der Waals surface area contributed by atoms with Gasteiger partial charge >= 0.3 is 0 Å². The van der Waals surface area contributed by atoms with E-state index < -0.39 is 15.7 Å². The van der Waals surface area contributed by atoms with Gasteiger partial charge in [0.1, 0.15) is 5.01 Å². The molecular formula is C20H19BrN4O4S2. The third-order valence-corrected chi connectivity index (χ3v) is 7.25. The van der Waals surface area contributed by atoms with Gasteiger partial charge in [0.2, 0.25) is 11.0 Å². The van der Waals surface area contributed by atoms with Crippen molar-refractivity contribution in [1.82, 2.24) is 15.5 Å². The number of amides is 2. The lowest BCUT2D eigenvalue weighted by atomic mass is 10.2. The molecule has 0 saturated heterocycles. The van der Waals surface area contributed by atoms with Gasteiger partial charge in [-0.25, -0.2) is 8.42 Å². The summed E-state index contributed by atoms with van der Waals surface area (Å²) >= 11 is 4.51. The van der Waals surface area contributed by atoms with Gasteiger partial charge in [0, 0.05) is 29.4 Å². The maximum atomic E-state index is 12.2. The van der Waals surface area contributed by atoms with E-state index in [-0.39, 0.29) is 28.1 Å². The Kier molecular flexibility index (Phi) is 7.88. The highest BCUT2D eigenvalue weighted by Crippen LogP contribution is 2.17. The highest BCUT2D eigenvalue weighted by atomic mass is 79.9. The van der Waals surface area contributed by atoms with Crippen LogP contribution in [0.5, 0.6) is 0 Å². The van der Waals surface area contributed by atoms with Crippen molar-refractivity contribution in [2.75, 3.05) is 17.6 Å². The molecule has 0 fully saturated rings. The van der Waals surface area contributed by atoms with Gasteiger partial charge < -0.3 is 10.6 Å². The van der Waals surface area contributed by atoms with Crippen LogP contribution in [0.1, 0.15) is 21.8 Å². The Balaban J connectivity index is 1.44. The van der Waals surface area contributed by atoms with Crippen LogP contribution < -0.4 is 10.6 Å². The standard InChI is InChI=1S/C20H19BrN4O4S2/c21-15-6-4-5-14(13-15)19(27)22-11-9-18-24-25-20(30-18)23-17(26)10-12-31(28,29)16-7-2-1-3-8-16/h1-8,13H,9-12H2,(H,22,27)(H,23,25,26). The van der Waals surface area contributed by atoms with Crippen molar-refractivity contribution in [3.63, 3.8) is 0 Å². The summed E-state index contributed by atoms with van der Waals surface area (Å²) in [4.78, 5) is 24.4. The fourth-order valence-corrected chi connectivity index (χ4v) is 4.99. The third-order valence-electron chi connectivity index (χ3n) is 4.12. The van der Waals surface area contributed by atoms with E-state index >= 15 is 0 Å². The molecule has 11 heteroatoms. The van der Waals surface area contributed by atoms with Crippen LogP contribution in [-0.2, 0) is 21.1 Å². The lowest BCUT2D eigenvalue weighted by Crippen LogP contribution is -2.25. The molecule has 0 saturated carbocycles. The summed E-state index contributed by atoms with van der Waals surface area (Å²) in [6, 6.07) is 15.1. The van der Waals surface area contributed by atoms with Crippen LogP contribution in [0.3, 0.4) is 0 Å². The predicted molar refractivity (Wildman–Crippen MR) is 122 cm³/mol. The number of nitrogens with zero attached hydrogens (tertiary/aromatic N) is 2. The smallest absolute Gasteiger partial charge is 0.251 e. The van der Waals surface area contributed by atoms with Crippen LogP contribution in [0.25, 0.3) is 0 Å². The summed E-state index contributed by atoms with van der Waals surface area (Å²) < 4.78 is 25.3. The second kappa shape index (κ2) is 10.6. The molecule has 0 aliphatic rings. The molecule has 31 heavy (non-hydrogen) atoms. The molecule has 2 N–H and O–H groups in total. The van der Waals surface area contributed by atoms with E-state index in [1.54, 1.807) is 36.4 Å². The van der Waals surface area contributed by atoms with Crippen molar-refractivity contribution in [3.8, 4) is 0 Å². The number of halogens is 1. The van der Waals surface area contributed by atoms with E-state index in [0.717, 1.165) is 4.47 Å². The van der Waals surface area contributed by atoms with Crippen LogP contribution in [-0.4, -0.2) is 42.7 Å². The van der Waals surface area contributed by atoms with E-state index in [9.17, 15) is 18.0 Å². The van der Waals surface area contributed by atoms with Gasteiger partial charge in [0.15, 0.2) is 9.84 Å². The van der Waals surface area contributed by atoms with Gasteiger partial charge in [-0.1, -0.05) is 51.5 Å². The number of carbonyl (C=O) groups is 2. The fourth-order valence-electron chi connectivity index (χ4n) is 2.57. The molecule has 2 aromatic carbocycles. The number of rotatable bonds is 9. The molecule has 0 spiro atoms. The Labute approximate surface area is 192 Å². The first-order valence-corrected chi connectivity index (χ1v) is 12.5. The molecular weight excluding hydrogens is 504 g/mol. The number of aromatic nitrogens is 2. The monoisotopic (exact) mass is 522 g/mol. The third kappa shape index (κ3) is 6.94. The van der Waals surface area contributed by atoms with E-state index in [2.05, 4.69) is 36.8 Å². The van der Waals surface area contributed by atoms with Gasteiger partial charge in [0.05, 0.1) is 10.6 Å². The van der Waals surface area contributed by atoms with Crippen molar-refractivity contribution in [2.24, 2.45) is 0 Å². The molecule has 1 aromatic heterocycles. The maximum absolute atomic E-state index is 12.2. The Morgan fingerprint density at radius 1 is 1.03 bits per heavy atom. The average molecular weight is 523 g/mol. The minimum atomic E-state index is -3.52. The van der Waals surface area contributed by atoms with Crippen molar-refractivity contribution in [2.45, 2.75) is 17.7 Å². The van der Waals surface area contributed by atoms with Gasteiger partial charge in [0.25, 0.3) is 5.91 Å². The first kappa shape index (κ1) is 23.0. The van der Waals surface area contributed by atoms with Gasteiger partial charge in [-0.05, 0) is 30.3 Å². The van der Waals surface area contributed by atoms with Gasteiger partial charge in [-0.3, -0.25) is 9.59 Å². The fraction of sp³-hybridized carbons (Fsp3) is 0.200. The normalized spacial score (nSPS) is 11.1. The lowest BCUT2D eigenvalue weighted by Gasteiger charge is -2.04.